The smallest absolute Gasteiger partial charge is 0.233 e. The van der Waals surface area contributed by atoms with Gasteiger partial charge in [0.25, 0.3) is 0 Å². The van der Waals surface area contributed by atoms with E-state index in [2.05, 4.69) is 37.1 Å². The molecule has 0 radical (unpaired) electrons. The average molecular weight is 388 g/mol. The summed E-state index contributed by atoms with van der Waals surface area (Å²) in [6, 6.07) is 10.4. The van der Waals surface area contributed by atoms with Crippen molar-refractivity contribution in [2.45, 2.75) is 56.6 Å². The first kappa shape index (κ1) is 19.9. The quantitative estimate of drug-likeness (QED) is 0.706. The SMILES string of the molecule is CCNC(=O)[C@H](C)Sc1nnc(CN2CCCCC2)n1Cc1ccccc1. The molecule has 1 fully saturated rings. The molecule has 27 heavy (non-hydrogen) atoms. The van der Waals surface area contributed by atoms with Crippen LogP contribution in [-0.4, -0.2) is 50.5 Å². The molecule has 3 rings (SSSR count). The second-order valence-electron chi connectivity index (χ2n) is 6.96. The highest BCUT2D eigenvalue weighted by Crippen LogP contribution is 2.24. The minimum Gasteiger partial charge on any atom is -0.355 e. The number of carbonyl (C=O) groups excluding carboxylic acids is 1. The molecule has 0 unspecified atom stereocenters. The number of benzene rings is 1. The third-order valence-electron chi connectivity index (χ3n) is 4.79. The largest absolute Gasteiger partial charge is 0.355 e. The third kappa shape index (κ3) is 5.56. The zero-order valence-electron chi connectivity index (χ0n) is 16.2. The fourth-order valence-electron chi connectivity index (χ4n) is 3.30. The summed E-state index contributed by atoms with van der Waals surface area (Å²) in [6.07, 6.45) is 3.82. The molecule has 2 heterocycles. The van der Waals surface area contributed by atoms with Crippen LogP contribution in [0.5, 0.6) is 0 Å². The Labute approximate surface area is 165 Å². The van der Waals surface area contributed by atoms with Gasteiger partial charge in [-0.1, -0.05) is 48.5 Å². The number of nitrogens with zero attached hydrogens (tertiary/aromatic N) is 4. The summed E-state index contributed by atoms with van der Waals surface area (Å²) < 4.78 is 2.17. The third-order valence-corrected chi connectivity index (χ3v) is 5.87. The van der Waals surface area contributed by atoms with E-state index in [9.17, 15) is 4.79 Å². The van der Waals surface area contributed by atoms with Crippen LogP contribution in [0.2, 0.25) is 0 Å². The first-order chi connectivity index (χ1) is 13.2. The van der Waals surface area contributed by atoms with Gasteiger partial charge in [-0.25, -0.2) is 0 Å². The first-order valence-corrected chi connectivity index (χ1v) is 10.7. The van der Waals surface area contributed by atoms with E-state index in [1.165, 1.54) is 36.6 Å². The Hall–Kier alpha value is -1.86. The molecule has 1 aliphatic heterocycles. The lowest BCUT2D eigenvalue weighted by Gasteiger charge is -2.26. The number of piperidine rings is 1. The lowest BCUT2D eigenvalue weighted by Crippen LogP contribution is -2.31. The molecule has 6 nitrogen and oxygen atoms in total. The maximum Gasteiger partial charge on any atom is 0.233 e. The lowest BCUT2D eigenvalue weighted by atomic mass is 10.1. The summed E-state index contributed by atoms with van der Waals surface area (Å²) in [4.78, 5) is 14.6. The fourth-order valence-corrected chi connectivity index (χ4v) is 4.19. The predicted molar refractivity (Wildman–Crippen MR) is 109 cm³/mol. The van der Waals surface area contributed by atoms with Crippen LogP contribution in [-0.2, 0) is 17.9 Å². The monoisotopic (exact) mass is 387 g/mol. The van der Waals surface area contributed by atoms with Gasteiger partial charge in [0, 0.05) is 6.54 Å². The van der Waals surface area contributed by atoms with E-state index in [1.54, 1.807) is 0 Å². The van der Waals surface area contributed by atoms with E-state index in [4.69, 9.17) is 0 Å². The molecule has 1 atom stereocenters. The van der Waals surface area contributed by atoms with E-state index < -0.39 is 0 Å². The van der Waals surface area contributed by atoms with Crippen molar-refractivity contribution >= 4 is 17.7 Å². The van der Waals surface area contributed by atoms with Crippen LogP contribution in [0.15, 0.2) is 35.5 Å². The molecule has 0 saturated carbocycles. The van der Waals surface area contributed by atoms with Gasteiger partial charge in [-0.3, -0.25) is 9.69 Å². The Bertz CT molecular complexity index is 727. The molecular formula is C20H29N5OS. The standard InChI is InChI=1S/C20H29N5OS/c1-3-21-19(26)16(2)27-20-23-22-18(15-24-12-8-5-9-13-24)25(20)14-17-10-6-4-7-11-17/h4,6-7,10-11,16H,3,5,8-9,12-15H2,1-2H3,(H,21,26)/t16-/m0/s1. The molecule has 1 N–H and O–H groups in total. The molecule has 1 aliphatic rings. The van der Waals surface area contributed by atoms with Crippen LogP contribution in [0.3, 0.4) is 0 Å². The number of thioether (sulfide) groups is 1. The van der Waals surface area contributed by atoms with Gasteiger partial charge in [-0.05, 0) is 45.3 Å². The Balaban J connectivity index is 1.80. The van der Waals surface area contributed by atoms with Gasteiger partial charge >= 0.3 is 0 Å². The molecule has 146 valence electrons. The van der Waals surface area contributed by atoms with E-state index in [-0.39, 0.29) is 11.2 Å². The minimum atomic E-state index is -0.202. The highest BCUT2D eigenvalue weighted by molar-refractivity contribution is 8.00. The van der Waals surface area contributed by atoms with Gasteiger partial charge in [0.2, 0.25) is 5.91 Å². The number of rotatable bonds is 8. The summed E-state index contributed by atoms with van der Waals surface area (Å²) in [7, 11) is 0. The molecule has 1 saturated heterocycles. The molecule has 1 amide bonds. The number of likely N-dealkylation sites (tertiary alicyclic amines) is 1. The van der Waals surface area contributed by atoms with Crippen LogP contribution in [0, 0.1) is 0 Å². The van der Waals surface area contributed by atoms with Crippen molar-refractivity contribution in [2.75, 3.05) is 19.6 Å². The summed E-state index contributed by atoms with van der Waals surface area (Å²) in [5, 5.41) is 12.4. The minimum absolute atomic E-state index is 0.0364. The van der Waals surface area contributed by atoms with Crippen LogP contribution < -0.4 is 5.32 Å². The van der Waals surface area contributed by atoms with E-state index >= 15 is 0 Å². The number of aromatic nitrogens is 3. The second-order valence-corrected chi connectivity index (χ2v) is 8.27. The first-order valence-electron chi connectivity index (χ1n) is 9.80. The zero-order chi connectivity index (χ0) is 19.1. The number of amides is 1. The van der Waals surface area contributed by atoms with Gasteiger partial charge in [-0.2, -0.15) is 0 Å². The van der Waals surface area contributed by atoms with Crippen molar-refractivity contribution < 1.29 is 4.79 Å². The summed E-state index contributed by atoms with van der Waals surface area (Å²) in [5.74, 6) is 1.01. The fraction of sp³-hybridized carbons (Fsp3) is 0.550. The Kier molecular flexibility index (Phi) is 7.29. The van der Waals surface area contributed by atoms with Crippen molar-refractivity contribution in [3.63, 3.8) is 0 Å². The number of carbonyl (C=O) groups is 1. The van der Waals surface area contributed by atoms with Gasteiger partial charge in [0.15, 0.2) is 5.16 Å². The molecular weight excluding hydrogens is 358 g/mol. The van der Waals surface area contributed by atoms with Gasteiger partial charge < -0.3 is 9.88 Å². The second kappa shape index (κ2) is 9.90. The topological polar surface area (TPSA) is 63.1 Å². The van der Waals surface area contributed by atoms with Crippen LogP contribution in [0.4, 0.5) is 0 Å². The Morgan fingerprint density at radius 3 is 2.59 bits per heavy atom. The zero-order valence-corrected chi connectivity index (χ0v) is 17.0. The molecule has 1 aromatic heterocycles. The van der Waals surface area contributed by atoms with Gasteiger partial charge in [-0.15, -0.1) is 10.2 Å². The molecule has 1 aromatic carbocycles. The highest BCUT2D eigenvalue weighted by Gasteiger charge is 2.21. The average Bonchev–Trinajstić information content (AvgIpc) is 3.05. The maximum atomic E-state index is 12.1. The lowest BCUT2D eigenvalue weighted by molar-refractivity contribution is -0.120. The number of nitrogens with one attached hydrogen (secondary N) is 1. The Morgan fingerprint density at radius 2 is 1.89 bits per heavy atom. The van der Waals surface area contributed by atoms with Crippen LogP contribution >= 0.6 is 11.8 Å². The highest BCUT2D eigenvalue weighted by atomic mass is 32.2. The van der Waals surface area contributed by atoms with Crippen molar-refractivity contribution in [2.24, 2.45) is 0 Å². The summed E-state index contributed by atoms with van der Waals surface area (Å²) in [5.41, 5.74) is 1.21. The van der Waals surface area contributed by atoms with Gasteiger partial charge in [0.1, 0.15) is 5.82 Å². The van der Waals surface area contributed by atoms with Crippen molar-refractivity contribution in [1.29, 1.82) is 0 Å². The van der Waals surface area contributed by atoms with E-state index in [0.29, 0.717) is 6.54 Å². The molecule has 7 heteroatoms. The molecule has 0 spiro atoms. The summed E-state index contributed by atoms with van der Waals surface area (Å²) >= 11 is 1.48. The number of hydrogen-bond donors (Lipinski definition) is 1. The van der Waals surface area contributed by atoms with E-state index in [0.717, 1.165) is 37.2 Å². The van der Waals surface area contributed by atoms with E-state index in [1.807, 2.05) is 32.0 Å². The normalized spacial score (nSPS) is 16.2. The molecule has 0 bridgehead atoms. The maximum absolute atomic E-state index is 12.1. The summed E-state index contributed by atoms with van der Waals surface area (Å²) in [6.45, 7) is 8.27. The number of hydrogen-bond acceptors (Lipinski definition) is 5. The molecule has 2 aromatic rings. The molecule has 0 aliphatic carbocycles. The predicted octanol–water partition coefficient (Wildman–Crippen LogP) is 2.93. The van der Waals surface area contributed by atoms with Crippen LogP contribution in [0.1, 0.15) is 44.5 Å². The van der Waals surface area contributed by atoms with Gasteiger partial charge in [0.05, 0.1) is 18.3 Å². The Morgan fingerprint density at radius 1 is 1.15 bits per heavy atom. The van der Waals surface area contributed by atoms with Crippen molar-refractivity contribution in [3.05, 3.63) is 41.7 Å². The van der Waals surface area contributed by atoms with Crippen molar-refractivity contribution in [1.82, 2.24) is 25.0 Å². The van der Waals surface area contributed by atoms with Crippen molar-refractivity contribution in [3.8, 4) is 0 Å². The van der Waals surface area contributed by atoms with Crippen LogP contribution in [0.25, 0.3) is 0 Å².